The maximum absolute atomic E-state index is 12.4. The molecule has 22 heavy (non-hydrogen) atoms. The van der Waals surface area contributed by atoms with Crippen LogP contribution >= 0.6 is 23.2 Å². The Bertz CT molecular complexity index is 604. The predicted molar refractivity (Wildman–Crippen MR) is 81.5 cm³/mol. The summed E-state index contributed by atoms with van der Waals surface area (Å²) in [4.78, 5) is 33.7. The molecule has 0 radical (unpaired) electrons. The van der Waals surface area contributed by atoms with Gasteiger partial charge in [-0.15, -0.1) is 23.2 Å². The monoisotopic (exact) mass is 350 g/mol. The minimum atomic E-state index is -0.921. The Kier molecular flexibility index (Phi) is 6.32. The van der Waals surface area contributed by atoms with E-state index in [1.165, 1.54) is 4.90 Å². The fourth-order valence-corrected chi connectivity index (χ4v) is 2.22. The molecule has 0 aliphatic heterocycles. The highest BCUT2D eigenvalue weighted by Crippen LogP contribution is 2.35. The number of amides is 1. The number of nitrogen functional groups attached to an aromatic ring is 1. The SMILES string of the molecule is Nc1c([N+](=O)[O-])ccc(C(=O)N(CCCl)CCCl)c1[N+](=O)[O-]. The molecule has 1 rings (SSSR count). The van der Waals surface area contributed by atoms with Gasteiger partial charge in [0, 0.05) is 30.9 Å². The number of halogens is 2. The normalized spacial score (nSPS) is 10.3. The molecule has 11 heteroatoms. The minimum Gasteiger partial charge on any atom is -0.387 e. The number of rotatable bonds is 7. The second kappa shape index (κ2) is 7.76. The Morgan fingerprint density at radius 1 is 1.14 bits per heavy atom. The molecule has 120 valence electrons. The molecule has 0 heterocycles. The van der Waals surface area contributed by atoms with Crippen molar-refractivity contribution in [1.29, 1.82) is 0 Å². The molecule has 2 N–H and O–H groups in total. The van der Waals surface area contributed by atoms with Crippen LogP contribution in [0.15, 0.2) is 12.1 Å². The molecule has 1 amide bonds. The van der Waals surface area contributed by atoms with Crippen molar-refractivity contribution in [1.82, 2.24) is 4.90 Å². The number of nitro benzene ring substituents is 2. The Labute approximate surface area is 134 Å². The van der Waals surface area contributed by atoms with E-state index in [1.807, 2.05) is 0 Å². The molecule has 0 atom stereocenters. The van der Waals surface area contributed by atoms with E-state index in [4.69, 9.17) is 28.9 Å². The first-order valence-corrected chi connectivity index (χ1v) is 7.04. The number of carbonyl (C=O) groups excluding carboxylic acids is 1. The van der Waals surface area contributed by atoms with Crippen molar-refractivity contribution in [3.8, 4) is 0 Å². The van der Waals surface area contributed by atoms with E-state index in [-0.39, 0.29) is 30.4 Å². The Hall–Kier alpha value is -2.13. The van der Waals surface area contributed by atoms with Crippen LogP contribution in [-0.2, 0) is 0 Å². The Morgan fingerprint density at radius 2 is 1.68 bits per heavy atom. The van der Waals surface area contributed by atoms with Crippen LogP contribution in [-0.4, -0.2) is 45.5 Å². The van der Waals surface area contributed by atoms with E-state index in [1.54, 1.807) is 0 Å². The minimum absolute atomic E-state index is 0.110. The number of nitrogens with zero attached hydrogens (tertiary/aromatic N) is 3. The van der Waals surface area contributed by atoms with E-state index in [2.05, 4.69) is 0 Å². The summed E-state index contributed by atoms with van der Waals surface area (Å²) in [5, 5.41) is 21.9. The number of nitro groups is 2. The summed E-state index contributed by atoms with van der Waals surface area (Å²) in [6.07, 6.45) is 0. The van der Waals surface area contributed by atoms with Crippen LogP contribution in [0.25, 0.3) is 0 Å². The highest BCUT2D eigenvalue weighted by molar-refractivity contribution is 6.18. The van der Waals surface area contributed by atoms with E-state index >= 15 is 0 Å². The van der Waals surface area contributed by atoms with Gasteiger partial charge < -0.3 is 10.6 Å². The second-order valence-corrected chi connectivity index (χ2v) is 4.83. The fourth-order valence-electron chi connectivity index (χ4n) is 1.82. The lowest BCUT2D eigenvalue weighted by molar-refractivity contribution is -0.392. The number of alkyl halides is 2. The van der Waals surface area contributed by atoms with Crippen LogP contribution < -0.4 is 5.73 Å². The molecule has 0 bridgehead atoms. The maximum Gasteiger partial charge on any atom is 0.311 e. The molecule has 0 spiro atoms. The largest absolute Gasteiger partial charge is 0.387 e. The van der Waals surface area contributed by atoms with Gasteiger partial charge in [0.2, 0.25) is 0 Å². The van der Waals surface area contributed by atoms with Crippen LogP contribution in [0.2, 0.25) is 0 Å². The molecule has 0 fully saturated rings. The van der Waals surface area contributed by atoms with Crippen molar-refractivity contribution in [2.75, 3.05) is 30.6 Å². The van der Waals surface area contributed by atoms with Crippen LogP contribution in [0, 0.1) is 20.2 Å². The molecule has 0 saturated carbocycles. The molecule has 0 saturated heterocycles. The van der Waals surface area contributed by atoms with Gasteiger partial charge in [-0.25, -0.2) is 0 Å². The summed E-state index contributed by atoms with van der Waals surface area (Å²) < 4.78 is 0. The van der Waals surface area contributed by atoms with Gasteiger partial charge in [-0.3, -0.25) is 25.0 Å². The Balaban J connectivity index is 3.40. The maximum atomic E-state index is 12.4. The van der Waals surface area contributed by atoms with Crippen molar-refractivity contribution in [2.45, 2.75) is 0 Å². The molecule has 0 aliphatic rings. The third kappa shape index (κ3) is 3.74. The van der Waals surface area contributed by atoms with Gasteiger partial charge in [-0.05, 0) is 6.07 Å². The number of nitrogens with two attached hydrogens (primary N) is 1. The smallest absolute Gasteiger partial charge is 0.311 e. The van der Waals surface area contributed by atoms with Crippen LogP contribution in [0.5, 0.6) is 0 Å². The third-order valence-electron chi connectivity index (χ3n) is 2.80. The van der Waals surface area contributed by atoms with Crippen molar-refractivity contribution in [3.63, 3.8) is 0 Å². The molecule has 1 aromatic rings. The van der Waals surface area contributed by atoms with Crippen molar-refractivity contribution >= 4 is 46.2 Å². The lowest BCUT2D eigenvalue weighted by atomic mass is 10.1. The lowest BCUT2D eigenvalue weighted by Gasteiger charge is -2.20. The van der Waals surface area contributed by atoms with Crippen molar-refractivity contribution in [3.05, 3.63) is 37.9 Å². The summed E-state index contributed by atoms with van der Waals surface area (Å²) >= 11 is 11.2. The van der Waals surface area contributed by atoms with E-state index in [0.717, 1.165) is 12.1 Å². The molecular formula is C11H12Cl2N4O5. The van der Waals surface area contributed by atoms with E-state index in [9.17, 15) is 25.0 Å². The first kappa shape index (κ1) is 17.9. The highest BCUT2D eigenvalue weighted by Gasteiger charge is 2.31. The zero-order chi connectivity index (χ0) is 16.9. The summed E-state index contributed by atoms with van der Waals surface area (Å²) in [6.45, 7) is 0.252. The first-order valence-electron chi connectivity index (χ1n) is 5.97. The zero-order valence-electron chi connectivity index (χ0n) is 11.2. The van der Waals surface area contributed by atoms with Gasteiger partial charge in [0.25, 0.3) is 11.6 Å². The average Bonchev–Trinajstić information content (AvgIpc) is 2.45. The molecule has 0 unspecified atom stereocenters. The van der Waals surface area contributed by atoms with Gasteiger partial charge >= 0.3 is 5.69 Å². The standard InChI is InChI=1S/C11H12Cl2N4O5/c12-3-5-15(6-4-13)11(18)7-1-2-8(16(19)20)9(14)10(7)17(21)22/h1-2H,3-6,14H2. The molecular weight excluding hydrogens is 339 g/mol. The fraction of sp³-hybridized carbons (Fsp3) is 0.364. The van der Waals surface area contributed by atoms with E-state index < -0.39 is 32.8 Å². The average molecular weight is 351 g/mol. The molecule has 1 aromatic carbocycles. The van der Waals surface area contributed by atoms with Crippen LogP contribution in [0.4, 0.5) is 17.1 Å². The molecule has 0 aliphatic carbocycles. The summed E-state index contributed by atoms with van der Waals surface area (Å²) in [5.74, 6) is -0.493. The number of benzene rings is 1. The number of anilines is 1. The molecule has 9 nitrogen and oxygen atoms in total. The molecule has 0 aromatic heterocycles. The number of carbonyl (C=O) groups is 1. The third-order valence-corrected chi connectivity index (χ3v) is 3.14. The Morgan fingerprint density at radius 3 is 2.09 bits per heavy atom. The zero-order valence-corrected chi connectivity index (χ0v) is 12.7. The quantitative estimate of drug-likeness (QED) is 0.346. The predicted octanol–water partition coefficient (Wildman–Crippen LogP) is 2.00. The summed E-state index contributed by atoms with van der Waals surface area (Å²) in [7, 11) is 0. The first-order chi connectivity index (χ1) is 10.3. The highest BCUT2D eigenvalue weighted by atomic mass is 35.5. The van der Waals surface area contributed by atoms with Gasteiger partial charge in [-0.1, -0.05) is 0 Å². The topological polar surface area (TPSA) is 133 Å². The van der Waals surface area contributed by atoms with Crippen molar-refractivity contribution in [2.24, 2.45) is 0 Å². The van der Waals surface area contributed by atoms with E-state index in [0.29, 0.717) is 0 Å². The second-order valence-electron chi connectivity index (χ2n) is 4.08. The van der Waals surface area contributed by atoms with Gasteiger partial charge in [0.1, 0.15) is 5.56 Å². The van der Waals surface area contributed by atoms with Gasteiger partial charge in [0.05, 0.1) is 9.85 Å². The van der Waals surface area contributed by atoms with Gasteiger partial charge in [-0.2, -0.15) is 0 Å². The van der Waals surface area contributed by atoms with Crippen molar-refractivity contribution < 1.29 is 14.6 Å². The number of hydrogen-bond donors (Lipinski definition) is 1. The van der Waals surface area contributed by atoms with Crippen LogP contribution in [0.3, 0.4) is 0 Å². The lowest BCUT2D eigenvalue weighted by Crippen LogP contribution is -2.35. The summed E-state index contributed by atoms with van der Waals surface area (Å²) in [5.41, 5.74) is 3.02. The number of hydrogen-bond acceptors (Lipinski definition) is 6. The van der Waals surface area contributed by atoms with Crippen LogP contribution in [0.1, 0.15) is 10.4 Å². The summed E-state index contributed by atoms with van der Waals surface area (Å²) in [6, 6.07) is 1.96. The van der Waals surface area contributed by atoms with Gasteiger partial charge in [0.15, 0.2) is 5.69 Å².